The third kappa shape index (κ3) is 44.8. The summed E-state index contributed by atoms with van der Waals surface area (Å²) in [5, 5.41) is 3.07. The predicted molar refractivity (Wildman–Crippen MR) is 273 cm³/mol. The second-order valence-electron chi connectivity index (χ2n) is 19.4. The highest BCUT2D eigenvalue weighted by atomic mass is 31.2. The van der Waals surface area contributed by atoms with Crippen LogP contribution in [0, 0.1) is 0 Å². The molecule has 0 spiro atoms. The van der Waals surface area contributed by atoms with Crippen molar-refractivity contribution in [3.63, 3.8) is 0 Å². The Bertz CT molecular complexity index is 945. The maximum Gasteiger partial charge on any atom is 0.405 e. The van der Waals surface area contributed by atoms with Crippen molar-refractivity contribution in [2.24, 2.45) is 0 Å². The van der Waals surface area contributed by atoms with E-state index in [0.29, 0.717) is 32.6 Å². The van der Waals surface area contributed by atoms with Gasteiger partial charge in [0.1, 0.15) is 12.2 Å². The van der Waals surface area contributed by atoms with Crippen LogP contribution in [0.4, 0.5) is 0 Å². The SMILES string of the molecule is CCCCCCCCC(CCCCCCCC)OC(=O)CCCCCCCOP(=O)(NCCN(C)C)OCCCCCCCC(=O)OC(CCCCCCCC)CCCCCCCC. The van der Waals surface area contributed by atoms with Gasteiger partial charge in [0, 0.05) is 25.9 Å². The number of unbranched alkanes of at least 4 members (excludes halogenated alkanes) is 28. The number of ether oxygens (including phenoxy) is 2. The van der Waals surface area contributed by atoms with Gasteiger partial charge in [-0.1, -0.05) is 195 Å². The number of esters is 2. The second kappa shape index (κ2) is 48.5. The summed E-state index contributed by atoms with van der Waals surface area (Å²) < 4.78 is 37.5. The van der Waals surface area contributed by atoms with Crippen LogP contribution in [0.1, 0.15) is 285 Å². The first-order chi connectivity index (χ1) is 31.2. The summed E-state index contributed by atoms with van der Waals surface area (Å²) in [5.41, 5.74) is 0. The Morgan fingerprint density at radius 3 is 1.02 bits per heavy atom. The summed E-state index contributed by atoms with van der Waals surface area (Å²) in [7, 11) is 0.567. The quantitative estimate of drug-likeness (QED) is 0.0363. The molecule has 0 rings (SSSR count). The van der Waals surface area contributed by atoms with Crippen molar-refractivity contribution in [2.75, 3.05) is 40.4 Å². The van der Waals surface area contributed by atoms with Crippen molar-refractivity contribution < 1.29 is 32.7 Å². The van der Waals surface area contributed by atoms with E-state index in [4.69, 9.17) is 18.5 Å². The maximum absolute atomic E-state index is 13.6. The average molecular weight is 929 g/mol. The molecule has 0 saturated carbocycles. The zero-order valence-corrected chi connectivity index (χ0v) is 44.4. The lowest BCUT2D eigenvalue weighted by Crippen LogP contribution is -2.26. The van der Waals surface area contributed by atoms with E-state index in [1.165, 1.54) is 128 Å². The minimum atomic E-state index is -3.41. The summed E-state index contributed by atoms with van der Waals surface area (Å²) in [5.74, 6) is -0.0680. The van der Waals surface area contributed by atoms with Crippen LogP contribution in [-0.4, -0.2) is 69.4 Å². The van der Waals surface area contributed by atoms with Gasteiger partial charge in [0.05, 0.1) is 13.2 Å². The standard InChI is InChI=1S/C54H109N2O7P/c1-7-11-15-19-25-33-41-51(42-34-26-20-16-12-8-2)62-53(57)45-37-29-23-31-39-49-60-64(59,55-47-48-56(5)6)61-50-40-32-24-30-38-46-54(58)63-52(43-35-27-21-17-13-9-3)44-36-28-22-18-14-10-4/h51-52H,7-50H2,1-6H3,(H,55,59). The second-order valence-corrected chi connectivity index (χ2v) is 21.2. The maximum atomic E-state index is 13.6. The molecule has 0 aliphatic rings. The number of hydrogen-bond acceptors (Lipinski definition) is 8. The van der Waals surface area contributed by atoms with E-state index in [1.54, 1.807) is 0 Å². The third-order valence-corrected chi connectivity index (χ3v) is 14.2. The molecular weight excluding hydrogens is 820 g/mol. The minimum Gasteiger partial charge on any atom is -0.462 e. The summed E-state index contributed by atoms with van der Waals surface area (Å²) in [4.78, 5) is 27.6. The Morgan fingerprint density at radius 1 is 0.422 bits per heavy atom. The molecule has 0 aliphatic heterocycles. The Hall–Kier alpha value is -0.990. The first kappa shape index (κ1) is 63.0. The van der Waals surface area contributed by atoms with Crippen molar-refractivity contribution in [2.45, 2.75) is 297 Å². The molecule has 0 aromatic rings. The molecule has 0 saturated heterocycles. The lowest BCUT2D eigenvalue weighted by Gasteiger charge is -2.20. The van der Waals surface area contributed by atoms with E-state index in [2.05, 4.69) is 32.8 Å². The third-order valence-electron chi connectivity index (χ3n) is 12.6. The van der Waals surface area contributed by atoms with E-state index in [1.807, 2.05) is 19.0 Å². The predicted octanol–water partition coefficient (Wildman–Crippen LogP) is 16.8. The van der Waals surface area contributed by atoms with Gasteiger partial charge in [-0.25, -0.2) is 9.65 Å². The zero-order chi connectivity index (χ0) is 47.0. The molecule has 0 aromatic carbocycles. The highest BCUT2D eigenvalue weighted by molar-refractivity contribution is 7.51. The summed E-state index contributed by atoms with van der Waals surface area (Å²) in [6.45, 7) is 11.0. The van der Waals surface area contributed by atoms with Gasteiger partial charge in [-0.05, 0) is 91.1 Å². The van der Waals surface area contributed by atoms with Crippen LogP contribution in [0.25, 0.3) is 0 Å². The Kier molecular flexibility index (Phi) is 47.7. The van der Waals surface area contributed by atoms with Crippen LogP contribution in [-0.2, 0) is 32.7 Å². The molecule has 64 heavy (non-hydrogen) atoms. The van der Waals surface area contributed by atoms with Crippen molar-refractivity contribution >= 4 is 19.7 Å². The molecule has 10 heteroatoms. The first-order valence-corrected chi connectivity index (χ1v) is 29.4. The van der Waals surface area contributed by atoms with Crippen LogP contribution < -0.4 is 5.09 Å². The summed E-state index contributed by atoms with van der Waals surface area (Å²) in [6.07, 6.45) is 44.6. The molecule has 0 aromatic heterocycles. The molecule has 9 nitrogen and oxygen atoms in total. The summed E-state index contributed by atoms with van der Waals surface area (Å²) in [6, 6.07) is 0. The molecule has 0 radical (unpaired) electrons. The van der Waals surface area contributed by atoms with E-state index in [-0.39, 0.29) is 24.1 Å². The number of carbonyl (C=O) groups is 2. The van der Waals surface area contributed by atoms with Gasteiger partial charge in [0.15, 0.2) is 0 Å². The van der Waals surface area contributed by atoms with Crippen LogP contribution in [0.3, 0.4) is 0 Å². The van der Waals surface area contributed by atoms with Crippen molar-refractivity contribution in [3.8, 4) is 0 Å². The molecule has 1 N–H and O–H groups in total. The fraction of sp³-hybridized carbons (Fsp3) is 0.963. The molecule has 0 heterocycles. The fourth-order valence-electron chi connectivity index (χ4n) is 8.34. The van der Waals surface area contributed by atoms with Gasteiger partial charge >= 0.3 is 19.7 Å². The topological polar surface area (TPSA) is 103 Å². The molecule has 0 unspecified atom stereocenters. The van der Waals surface area contributed by atoms with E-state index in [9.17, 15) is 14.2 Å². The smallest absolute Gasteiger partial charge is 0.405 e. The van der Waals surface area contributed by atoms with Gasteiger partial charge in [-0.3, -0.25) is 18.6 Å². The van der Waals surface area contributed by atoms with Gasteiger partial charge in [0.2, 0.25) is 0 Å². The van der Waals surface area contributed by atoms with Gasteiger partial charge < -0.3 is 14.4 Å². The lowest BCUT2D eigenvalue weighted by atomic mass is 10.0. The average Bonchev–Trinajstić information content (AvgIpc) is 3.27. The van der Waals surface area contributed by atoms with Gasteiger partial charge in [0.25, 0.3) is 0 Å². The van der Waals surface area contributed by atoms with Crippen LogP contribution in [0.15, 0.2) is 0 Å². The highest BCUT2D eigenvalue weighted by Gasteiger charge is 2.24. The van der Waals surface area contributed by atoms with Crippen molar-refractivity contribution in [1.82, 2.24) is 9.99 Å². The van der Waals surface area contributed by atoms with Crippen molar-refractivity contribution in [1.29, 1.82) is 0 Å². The molecule has 0 atom stereocenters. The molecule has 0 bridgehead atoms. The molecular formula is C54H109N2O7P. The Morgan fingerprint density at radius 2 is 0.703 bits per heavy atom. The monoisotopic (exact) mass is 929 g/mol. The summed E-state index contributed by atoms with van der Waals surface area (Å²) >= 11 is 0. The number of likely N-dealkylation sites (N-methyl/N-ethyl adjacent to an activating group) is 1. The van der Waals surface area contributed by atoms with Crippen LogP contribution in [0.5, 0.6) is 0 Å². The number of carbonyl (C=O) groups excluding carboxylic acids is 2. The van der Waals surface area contributed by atoms with Crippen LogP contribution in [0.2, 0.25) is 0 Å². The molecule has 0 fully saturated rings. The zero-order valence-electron chi connectivity index (χ0n) is 43.5. The molecule has 382 valence electrons. The Balaban J connectivity index is 4.47. The highest BCUT2D eigenvalue weighted by Crippen LogP contribution is 2.44. The Labute approximate surface area is 398 Å². The van der Waals surface area contributed by atoms with Gasteiger partial charge in [-0.15, -0.1) is 0 Å². The number of nitrogens with one attached hydrogen (secondary N) is 1. The normalized spacial score (nSPS) is 12.0. The van der Waals surface area contributed by atoms with Crippen LogP contribution >= 0.6 is 7.75 Å². The largest absolute Gasteiger partial charge is 0.462 e. The van der Waals surface area contributed by atoms with E-state index in [0.717, 1.165) is 122 Å². The molecule has 0 aliphatic carbocycles. The van der Waals surface area contributed by atoms with Crippen molar-refractivity contribution in [3.05, 3.63) is 0 Å². The lowest BCUT2D eigenvalue weighted by molar-refractivity contribution is -0.151. The fourth-order valence-corrected chi connectivity index (χ4v) is 9.71. The number of rotatable bonds is 52. The first-order valence-electron chi connectivity index (χ1n) is 27.9. The van der Waals surface area contributed by atoms with Gasteiger partial charge in [-0.2, -0.15) is 0 Å². The van der Waals surface area contributed by atoms with E-state index < -0.39 is 7.75 Å². The molecule has 0 amide bonds. The number of nitrogens with zero attached hydrogens (tertiary/aromatic N) is 1. The minimum absolute atomic E-state index is 0.0340. The number of hydrogen-bond donors (Lipinski definition) is 1. The van der Waals surface area contributed by atoms with E-state index >= 15 is 0 Å².